The summed E-state index contributed by atoms with van der Waals surface area (Å²) in [5.74, 6) is 1.69. The van der Waals surface area contributed by atoms with E-state index in [1.54, 1.807) is 6.92 Å². The first-order chi connectivity index (χ1) is 8.77. The highest BCUT2D eigenvalue weighted by Gasteiger charge is 2.52. The smallest absolute Gasteiger partial charge is 0.129 e. The molecule has 0 heterocycles. The van der Waals surface area contributed by atoms with Crippen LogP contribution < -0.4 is 0 Å². The largest absolute Gasteiger partial charge is 0.300 e. The molecule has 19 heavy (non-hydrogen) atoms. The van der Waals surface area contributed by atoms with Gasteiger partial charge in [-0.2, -0.15) is 0 Å². The zero-order chi connectivity index (χ0) is 14.3. The maximum atomic E-state index is 11.4. The van der Waals surface area contributed by atoms with Crippen LogP contribution in [0.4, 0.5) is 0 Å². The summed E-state index contributed by atoms with van der Waals surface area (Å²) < 4.78 is 0. The zero-order valence-corrected chi connectivity index (χ0v) is 13.2. The van der Waals surface area contributed by atoms with Crippen LogP contribution in [0, 0.1) is 22.7 Å². The van der Waals surface area contributed by atoms with Gasteiger partial charge in [-0.05, 0) is 61.7 Å². The number of carbonyl (C=O) groups is 1. The highest BCUT2D eigenvalue weighted by Crippen LogP contribution is 2.61. The zero-order valence-electron chi connectivity index (χ0n) is 13.2. The van der Waals surface area contributed by atoms with Gasteiger partial charge in [-0.15, -0.1) is 0 Å². The lowest BCUT2D eigenvalue weighted by Gasteiger charge is -2.58. The topological polar surface area (TPSA) is 17.1 Å². The quantitative estimate of drug-likeness (QED) is 0.642. The van der Waals surface area contributed by atoms with Crippen LogP contribution >= 0.6 is 0 Å². The maximum absolute atomic E-state index is 11.4. The molecule has 0 saturated heterocycles. The first kappa shape index (κ1) is 14.8. The van der Waals surface area contributed by atoms with E-state index in [9.17, 15) is 4.79 Å². The van der Waals surface area contributed by atoms with Crippen molar-refractivity contribution in [3.63, 3.8) is 0 Å². The standard InChI is InChI=1S/C18H30O/c1-13-7-10-16-17(3,4)11-6-12-18(16,5)15(13)9-8-14(2)19/h15-16H,1,6-12H2,2-5H3/t15?,16?,18-/m1/s1. The monoisotopic (exact) mass is 262 g/mol. The van der Waals surface area contributed by atoms with E-state index in [0.29, 0.717) is 22.5 Å². The van der Waals surface area contributed by atoms with Gasteiger partial charge in [-0.25, -0.2) is 0 Å². The molecule has 1 nitrogen and oxygen atoms in total. The van der Waals surface area contributed by atoms with Crippen molar-refractivity contribution in [2.45, 2.75) is 72.6 Å². The summed E-state index contributed by atoms with van der Waals surface area (Å²) in [7, 11) is 0. The fourth-order valence-corrected chi connectivity index (χ4v) is 5.16. The fraction of sp³-hybridized carbons (Fsp3) is 0.833. The Morgan fingerprint density at radius 3 is 2.63 bits per heavy atom. The van der Waals surface area contributed by atoms with E-state index in [4.69, 9.17) is 0 Å². The summed E-state index contributed by atoms with van der Waals surface area (Å²) in [5.41, 5.74) is 2.26. The van der Waals surface area contributed by atoms with Gasteiger partial charge >= 0.3 is 0 Å². The highest BCUT2D eigenvalue weighted by molar-refractivity contribution is 5.75. The lowest BCUT2D eigenvalue weighted by Crippen LogP contribution is -2.49. The van der Waals surface area contributed by atoms with Gasteiger partial charge in [0.15, 0.2) is 0 Å². The second-order valence-corrected chi connectivity index (χ2v) is 7.89. The molecular weight excluding hydrogens is 232 g/mol. The van der Waals surface area contributed by atoms with Gasteiger partial charge in [0.2, 0.25) is 0 Å². The summed E-state index contributed by atoms with van der Waals surface area (Å²) in [4.78, 5) is 11.4. The Bertz CT molecular complexity index is 379. The Morgan fingerprint density at radius 2 is 2.00 bits per heavy atom. The molecule has 0 radical (unpaired) electrons. The third-order valence-electron chi connectivity index (χ3n) is 6.10. The van der Waals surface area contributed by atoms with Gasteiger partial charge < -0.3 is 4.79 Å². The van der Waals surface area contributed by atoms with Gasteiger partial charge in [0, 0.05) is 6.42 Å². The Kier molecular flexibility index (Phi) is 3.95. The van der Waals surface area contributed by atoms with E-state index in [1.807, 2.05) is 0 Å². The molecule has 0 N–H and O–H groups in total. The van der Waals surface area contributed by atoms with Crippen LogP contribution in [0.25, 0.3) is 0 Å². The normalized spacial score (nSPS) is 37.8. The maximum Gasteiger partial charge on any atom is 0.129 e. The molecular formula is C18H30O. The minimum absolute atomic E-state index is 0.327. The molecule has 108 valence electrons. The number of Topliss-reactive ketones (excluding diaryl/α,β-unsaturated/α-hetero) is 1. The van der Waals surface area contributed by atoms with E-state index < -0.39 is 0 Å². The van der Waals surface area contributed by atoms with E-state index >= 15 is 0 Å². The van der Waals surface area contributed by atoms with Crippen molar-refractivity contribution in [1.29, 1.82) is 0 Å². The van der Waals surface area contributed by atoms with E-state index in [0.717, 1.165) is 18.8 Å². The second kappa shape index (κ2) is 5.07. The lowest BCUT2D eigenvalue weighted by atomic mass is 9.47. The highest BCUT2D eigenvalue weighted by atomic mass is 16.1. The van der Waals surface area contributed by atoms with Gasteiger partial charge in [0.1, 0.15) is 5.78 Å². The van der Waals surface area contributed by atoms with Crippen molar-refractivity contribution < 1.29 is 4.79 Å². The van der Waals surface area contributed by atoms with Crippen LogP contribution in [-0.2, 0) is 4.79 Å². The summed E-state index contributed by atoms with van der Waals surface area (Å²) in [6.07, 6.45) is 8.25. The number of rotatable bonds is 3. The van der Waals surface area contributed by atoms with Crippen molar-refractivity contribution in [3.05, 3.63) is 12.2 Å². The Balaban J connectivity index is 2.24. The Labute approximate surface area is 118 Å². The molecule has 3 atom stereocenters. The molecule has 0 aromatic carbocycles. The van der Waals surface area contributed by atoms with Crippen LogP contribution in [-0.4, -0.2) is 5.78 Å². The predicted molar refractivity (Wildman–Crippen MR) is 81.0 cm³/mol. The van der Waals surface area contributed by atoms with E-state index in [2.05, 4.69) is 27.4 Å². The van der Waals surface area contributed by atoms with Crippen molar-refractivity contribution in [2.24, 2.45) is 22.7 Å². The van der Waals surface area contributed by atoms with Crippen LogP contribution in [0.5, 0.6) is 0 Å². The first-order valence-corrected chi connectivity index (χ1v) is 7.94. The van der Waals surface area contributed by atoms with Crippen molar-refractivity contribution in [1.82, 2.24) is 0 Å². The van der Waals surface area contributed by atoms with Crippen molar-refractivity contribution >= 4 is 5.78 Å². The molecule has 0 bridgehead atoms. The molecule has 2 fully saturated rings. The van der Waals surface area contributed by atoms with Crippen molar-refractivity contribution in [3.8, 4) is 0 Å². The lowest BCUT2D eigenvalue weighted by molar-refractivity contribution is -0.118. The van der Waals surface area contributed by atoms with Crippen molar-refractivity contribution in [2.75, 3.05) is 0 Å². The Hall–Kier alpha value is -0.590. The summed E-state index contributed by atoms with van der Waals surface area (Å²) in [6, 6.07) is 0. The minimum Gasteiger partial charge on any atom is -0.300 e. The number of hydrogen-bond donors (Lipinski definition) is 0. The average Bonchev–Trinajstić information content (AvgIpc) is 2.26. The molecule has 0 aliphatic heterocycles. The molecule has 0 aromatic heterocycles. The third-order valence-corrected chi connectivity index (χ3v) is 6.10. The number of carbonyl (C=O) groups excluding carboxylic acids is 1. The van der Waals surface area contributed by atoms with Crippen LogP contribution in [0.1, 0.15) is 72.6 Å². The molecule has 2 aliphatic rings. The summed E-state index contributed by atoms with van der Waals surface area (Å²) >= 11 is 0. The Morgan fingerprint density at radius 1 is 1.32 bits per heavy atom. The van der Waals surface area contributed by atoms with Crippen LogP contribution in [0.3, 0.4) is 0 Å². The van der Waals surface area contributed by atoms with E-state index in [-0.39, 0.29) is 0 Å². The molecule has 2 saturated carbocycles. The minimum atomic E-state index is 0.327. The van der Waals surface area contributed by atoms with Crippen LogP contribution in [0.2, 0.25) is 0 Å². The second-order valence-electron chi connectivity index (χ2n) is 7.89. The fourth-order valence-electron chi connectivity index (χ4n) is 5.16. The van der Waals surface area contributed by atoms with Gasteiger partial charge in [-0.1, -0.05) is 39.3 Å². The molecule has 0 spiro atoms. The predicted octanol–water partition coefficient (Wildman–Crippen LogP) is 5.15. The first-order valence-electron chi connectivity index (χ1n) is 7.94. The molecule has 2 aliphatic carbocycles. The third kappa shape index (κ3) is 2.66. The molecule has 2 unspecified atom stereocenters. The van der Waals surface area contributed by atoms with Crippen LogP contribution in [0.15, 0.2) is 12.2 Å². The van der Waals surface area contributed by atoms with E-state index in [1.165, 1.54) is 37.7 Å². The number of allylic oxidation sites excluding steroid dienone is 1. The van der Waals surface area contributed by atoms with Gasteiger partial charge in [0.25, 0.3) is 0 Å². The molecule has 0 amide bonds. The number of fused-ring (bicyclic) bond motifs is 1. The molecule has 0 aromatic rings. The summed E-state index contributed by atoms with van der Waals surface area (Å²) in [6.45, 7) is 13.4. The number of ketones is 1. The van der Waals surface area contributed by atoms with Gasteiger partial charge in [-0.3, -0.25) is 0 Å². The number of hydrogen-bond acceptors (Lipinski definition) is 1. The molecule has 1 heteroatoms. The summed E-state index contributed by atoms with van der Waals surface area (Å²) in [5, 5.41) is 0. The average molecular weight is 262 g/mol. The SMILES string of the molecule is C=C1CCC2C(C)(C)CCC[C@]2(C)C1CCC(C)=O. The molecule has 2 rings (SSSR count). The van der Waals surface area contributed by atoms with Gasteiger partial charge in [0.05, 0.1) is 0 Å².